The number of H-pyrrole nitrogens is 1. The molecule has 1 heterocycles. The molecule has 78 valence electrons. The minimum atomic E-state index is -0.0537. The van der Waals surface area contributed by atoms with Gasteiger partial charge in [0.2, 0.25) is 0 Å². The van der Waals surface area contributed by atoms with E-state index in [1.54, 1.807) is 19.2 Å². The number of hydrogen-bond donors (Lipinski definition) is 1. The molecule has 0 amide bonds. The van der Waals surface area contributed by atoms with E-state index in [9.17, 15) is 4.79 Å². The number of aryl methyl sites for hydroxylation is 1. The van der Waals surface area contributed by atoms with Crippen LogP contribution in [0.1, 0.15) is 5.69 Å². The molecule has 0 atom stereocenters. The third-order valence-electron chi connectivity index (χ3n) is 2.22. The van der Waals surface area contributed by atoms with Crippen molar-refractivity contribution < 1.29 is 4.74 Å². The van der Waals surface area contributed by atoms with Crippen molar-refractivity contribution in [2.24, 2.45) is 0 Å². The van der Waals surface area contributed by atoms with Crippen molar-refractivity contribution in [2.45, 2.75) is 6.92 Å². The molecular formula is C11H10ClNO2. The summed E-state index contributed by atoms with van der Waals surface area (Å²) in [6.45, 7) is 1.83. The Morgan fingerprint density at radius 2 is 2.07 bits per heavy atom. The first kappa shape index (κ1) is 10.1. The fraction of sp³-hybridized carbons (Fsp3) is 0.182. The largest absolute Gasteiger partial charge is 0.494 e. The number of benzene rings is 1. The third kappa shape index (κ3) is 1.70. The van der Waals surface area contributed by atoms with Gasteiger partial charge in [-0.05, 0) is 13.0 Å². The van der Waals surface area contributed by atoms with Crippen molar-refractivity contribution in [3.63, 3.8) is 0 Å². The lowest BCUT2D eigenvalue weighted by Crippen LogP contribution is -2.04. The highest BCUT2D eigenvalue weighted by molar-refractivity contribution is 6.31. The lowest BCUT2D eigenvalue weighted by atomic mass is 10.2. The van der Waals surface area contributed by atoms with Crippen LogP contribution in [0.2, 0.25) is 5.02 Å². The van der Waals surface area contributed by atoms with Gasteiger partial charge < -0.3 is 9.72 Å². The molecule has 0 saturated carbocycles. The summed E-state index contributed by atoms with van der Waals surface area (Å²) in [5, 5.41) is 1.04. The number of rotatable bonds is 1. The second-order valence-electron chi connectivity index (χ2n) is 3.35. The van der Waals surface area contributed by atoms with Gasteiger partial charge in [0.25, 0.3) is 0 Å². The van der Waals surface area contributed by atoms with Crippen LogP contribution in [0.5, 0.6) is 5.75 Å². The van der Waals surface area contributed by atoms with Crippen LogP contribution in [0.25, 0.3) is 10.9 Å². The van der Waals surface area contributed by atoms with Crippen molar-refractivity contribution in [3.05, 3.63) is 39.1 Å². The second kappa shape index (κ2) is 3.59. The quantitative estimate of drug-likeness (QED) is 0.807. The monoisotopic (exact) mass is 223 g/mol. The summed E-state index contributed by atoms with van der Waals surface area (Å²) in [4.78, 5) is 14.8. The summed E-state index contributed by atoms with van der Waals surface area (Å²) >= 11 is 5.88. The van der Waals surface area contributed by atoms with Crippen LogP contribution in [0.4, 0.5) is 0 Å². The normalized spacial score (nSPS) is 10.6. The van der Waals surface area contributed by atoms with Gasteiger partial charge in [-0.2, -0.15) is 0 Å². The number of aromatic amines is 1. The molecule has 1 N–H and O–H groups in total. The summed E-state index contributed by atoms with van der Waals surface area (Å²) < 4.78 is 5.16. The topological polar surface area (TPSA) is 42.1 Å². The molecule has 3 nitrogen and oxygen atoms in total. The first-order valence-electron chi connectivity index (χ1n) is 4.49. The number of nitrogens with one attached hydrogen (secondary N) is 1. The van der Waals surface area contributed by atoms with Gasteiger partial charge >= 0.3 is 0 Å². The van der Waals surface area contributed by atoms with Crippen LogP contribution < -0.4 is 10.2 Å². The molecule has 2 aromatic rings. The molecule has 0 bridgehead atoms. The average Bonchev–Trinajstić information content (AvgIpc) is 2.18. The Kier molecular flexibility index (Phi) is 2.40. The number of hydrogen-bond acceptors (Lipinski definition) is 2. The SMILES string of the molecule is COc1cc(Cl)cc2c(=O)cc(C)[nH]c12. The fourth-order valence-electron chi connectivity index (χ4n) is 1.57. The van der Waals surface area contributed by atoms with Crippen molar-refractivity contribution in [1.29, 1.82) is 0 Å². The smallest absolute Gasteiger partial charge is 0.189 e. The molecule has 0 saturated heterocycles. The molecular weight excluding hydrogens is 214 g/mol. The van der Waals surface area contributed by atoms with E-state index < -0.39 is 0 Å². The number of methoxy groups -OCH3 is 1. The highest BCUT2D eigenvalue weighted by Gasteiger charge is 2.07. The van der Waals surface area contributed by atoms with Gasteiger partial charge in [-0.25, -0.2) is 0 Å². The third-order valence-corrected chi connectivity index (χ3v) is 2.44. The van der Waals surface area contributed by atoms with E-state index in [1.807, 2.05) is 6.92 Å². The zero-order valence-electron chi connectivity index (χ0n) is 8.43. The van der Waals surface area contributed by atoms with Crippen LogP contribution in [-0.2, 0) is 0 Å². The number of ether oxygens (including phenoxy) is 1. The van der Waals surface area contributed by atoms with Crippen molar-refractivity contribution >= 4 is 22.5 Å². The molecule has 0 aliphatic heterocycles. The summed E-state index contributed by atoms with van der Waals surface area (Å²) in [7, 11) is 1.55. The second-order valence-corrected chi connectivity index (χ2v) is 3.78. The maximum atomic E-state index is 11.7. The number of aromatic nitrogens is 1. The molecule has 2 rings (SSSR count). The molecule has 0 radical (unpaired) electrons. The van der Waals surface area contributed by atoms with Gasteiger partial charge in [-0.1, -0.05) is 11.6 Å². The van der Waals surface area contributed by atoms with Gasteiger partial charge in [-0.3, -0.25) is 4.79 Å². The van der Waals surface area contributed by atoms with Gasteiger partial charge in [0.1, 0.15) is 5.75 Å². The van der Waals surface area contributed by atoms with Gasteiger partial charge in [0.15, 0.2) is 5.43 Å². The minimum absolute atomic E-state index is 0.0537. The summed E-state index contributed by atoms with van der Waals surface area (Å²) in [5.41, 5.74) is 1.43. The van der Waals surface area contributed by atoms with Gasteiger partial charge in [0, 0.05) is 22.8 Å². The maximum absolute atomic E-state index is 11.7. The highest BCUT2D eigenvalue weighted by atomic mass is 35.5. The summed E-state index contributed by atoms with van der Waals surface area (Å²) in [6, 6.07) is 4.86. The number of halogens is 1. The van der Waals surface area contributed by atoms with E-state index in [-0.39, 0.29) is 5.43 Å². The molecule has 0 aliphatic rings. The molecule has 0 spiro atoms. The van der Waals surface area contributed by atoms with Crippen LogP contribution >= 0.6 is 11.6 Å². The molecule has 15 heavy (non-hydrogen) atoms. The van der Waals surface area contributed by atoms with Crippen LogP contribution in [-0.4, -0.2) is 12.1 Å². The Morgan fingerprint density at radius 3 is 2.73 bits per heavy atom. The minimum Gasteiger partial charge on any atom is -0.494 e. The Morgan fingerprint density at radius 1 is 1.33 bits per heavy atom. The first-order chi connectivity index (χ1) is 7.11. The van der Waals surface area contributed by atoms with Crippen molar-refractivity contribution in [3.8, 4) is 5.75 Å². The maximum Gasteiger partial charge on any atom is 0.189 e. The Hall–Kier alpha value is -1.48. The van der Waals surface area contributed by atoms with E-state index in [1.165, 1.54) is 6.07 Å². The Balaban J connectivity index is 2.96. The predicted octanol–water partition coefficient (Wildman–Crippen LogP) is 2.50. The average molecular weight is 224 g/mol. The molecule has 0 fully saturated rings. The zero-order valence-corrected chi connectivity index (χ0v) is 9.18. The van der Waals surface area contributed by atoms with Crippen molar-refractivity contribution in [1.82, 2.24) is 4.98 Å². The molecule has 4 heteroatoms. The van der Waals surface area contributed by atoms with E-state index in [0.717, 1.165) is 5.69 Å². The van der Waals surface area contributed by atoms with E-state index >= 15 is 0 Å². The van der Waals surface area contributed by atoms with Crippen LogP contribution in [0.3, 0.4) is 0 Å². The first-order valence-corrected chi connectivity index (χ1v) is 4.87. The fourth-order valence-corrected chi connectivity index (χ4v) is 1.78. The Bertz CT molecular complexity index is 575. The van der Waals surface area contributed by atoms with Crippen LogP contribution in [0.15, 0.2) is 23.0 Å². The van der Waals surface area contributed by atoms with E-state index in [0.29, 0.717) is 21.7 Å². The summed E-state index contributed by atoms with van der Waals surface area (Å²) in [5.74, 6) is 0.582. The number of fused-ring (bicyclic) bond motifs is 1. The van der Waals surface area contributed by atoms with E-state index in [2.05, 4.69) is 4.98 Å². The molecule has 0 aliphatic carbocycles. The summed E-state index contributed by atoms with van der Waals surface area (Å²) in [6.07, 6.45) is 0. The number of pyridine rings is 1. The molecule has 1 aromatic heterocycles. The lowest BCUT2D eigenvalue weighted by Gasteiger charge is -2.06. The lowest BCUT2D eigenvalue weighted by molar-refractivity contribution is 0.419. The molecule has 0 unspecified atom stereocenters. The standard InChI is InChI=1S/C11H10ClNO2/c1-6-3-9(14)8-4-7(12)5-10(15-2)11(8)13-6/h3-5H,1-2H3,(H,13,14). The van der Waals surface area contributed by atoms with Crippen molar-refractivity contribution in [2.75, 3.05) is 7.11 Å². The highest BCUT2D eigenvalue weighted by Crippen LogP contribution is 2.26. The zero-order chi connectivity index (χ0) is 11.0. The van der Waals surface area contributed by atoms with E-state index in [4.69, 9.17) is 16.3 Å². The Labute approximate surface area is 91.6 Å². The predicted molar refractivity (Wildman–Crippen MR) is 60.9 cm³/mol. The molecule has 1 aromatic carbocycles. The van der Waals surface area contributed by atoms with Gasteiger partial charge in [-0.15, -0.1) is 0 Å². The van der Waals surface area contributed by atoms with Crippen LogP contribution in [0, 0.1) is 6.92 Å². The van der Waals surface area contributed by atoms with Gasteiger partial charge in [0.05, 0.1) is 18.0 Å².